The van der Waals surface area contributed by atoms with Gasteiger partial charge in [0.05, 0.1) is 0 Å². The van der Waals surface area contributed by atoms with Crippen LogP contribution in [0.2, 0.25) is 5.02 Å². The van der Waals surface area contributed by atoms with Gasteiger partial charge in [0, 0.05) is 16.8 Å². The van der Waals surface area contributed by atoms with E-state index in [2.05, 4.69) is 0 Å². The molecule has 10 heavy (non-hydrogen) atoms. The molecule has 1 N–H and O–H groups in total. The molecule has 1 aromatic rings. The Morgan fingerprint density at radius 3 is 2.80 bits per heavy atom. The highest BCUT2D eigenvalue weighted by Crippen LogP contribution is 2.14. The summed E-state index contributed by atoms with van der Waals surface area (Å²) in [4.78, 5) is 0. The summed E-state index contributed by atoms with van der Waals surface area (Å²) in [6, 6.07) is 1.59. The van der Waals surface area contributed by atoms with Crippen molar-refractivity contribution < 1.29 is 5.21 Å². The van der Waals surface area contributed by atoms with Crippen LogP contribution in [0.15, 0.2) is 12.3 Å². The number of hydrogen-bond donors (Lipinski definition) is 1. The monoisotopic (exact) mass is 175 g/mol. The lowest BCUT2D eigenvalue weighted by Gasteiger charge is -2.00. The molecule has 2 nitrogen and oxygen atoms in total. The van der Waals surface area contributed by atoms with Gasteiger partial charge in [-0.1, -0.05) is 23.8 Å². The molecule has 1 aromatic heterocycles. The van der Waals surface area contributed by atoms with E-state index < -0.39 is 0 Å². The number of pyridine rings is 1. The quantitative estimate of drug-likeness (QED) is 0.484. The maximum Gasteiger partial charge on any atom is 0.146 e. The van der Waals surface area contributed by atoms with Crippen molar-refractivity contribution in [3.05, 3.63) is 27.5 Å². The van der Waals surface area contributed by atoms with E-state index in [4.69, 9.17) is 29.0 Å². The number of rotatable bonds is 0. The van der Waals surface area contributed by atoms with E-state index >= 15 is 0 Å². The van der Waals surface area contributed by atoms with Crippen LogP contribution in [0.25, 0.3) is 0 Å². The molecule has 0 aliphatic rings. The standard InChI is InChI=1S/C6H6ClNOS/c1-4-5(7)2-3-8(9)6(4)10/h2-3,9H,1H3. The van der Waals surface area contributed by atoms with E-state index in [1.807, 2.05) is 0 Å². The van der Waals surface area contributed by atoms with Crippen LogP contribution in [0.3, 0.4) is 0 Å². The Bertz CT molecular complexity index is 307. The van der Waals surface area contributed by atoms with Crippen molar-refractivity contribution in [2.45, 2.75) is 6.92 Å². The molecule has 0 aliphatic heterocycles. The van der Waals surface area contributed by atoms with Gasteiger partial charge in [0.25, 0.3) is 0 Å². The summed E-state index contributed by atoms with van der Waals surface area (Å²) in [6.45, 7) is 1.76. The van der Waals surface area contributed by atoms with Crippen LogP contribution in [-0.4, -0.2) is 9.94 Å². The second kappa shape index (κ2) is 2.60. The Hall–Kier alpha value is -0.540. The summed E-state index contributed by atoms with van der Waals surface area (Å²) < 4.78 is 1.23. The SMILES string of the molecule is Cc1c(Cl)ccn(O)c1=S. The molecule has 0 saturated carbocycles. The summed E-state index contributed by atoms with van der Waals surface area (Å²) in [5.74, 6) is 0. The maximum atomic E-state index is 8.98. The highest BCUT2D eigenvalue weighted by molar-refractivity contribution is 7.71. The van der Waals surface area contributed by atoms with Crippen LogP contribution >= 0.6 is 23.8 Å². The topological polar surface area (TPSA) is 25.2 Å². The minimum atomic E-state index is 0.354. The highest BCUT2D eigenvalue weighted by Gasteiger charge is 1.97. The van der Waals surface area contributed by atoms with Gasteiger partial charge in [-0.3, -0.25) is 0 Å². The first-order chi connectivity index (χ1) is 4.63. The van der Waals surface area contributed by atoms with Crippen LogP contribution in [0.5, 0.6) is 0 Å². The predicted octanol–water partition coefficient (Wildman–Crippen LogP) is 2.42. The van der Waals surface area contributed by atoms with Gasteiger partial charge in [0.15, 0.2) is 0 Å². The number of nitrogens with zero attached hydrogens (tertiary/aromatic N) is 1. The average Bonchev–Trinajstić information content (AvgIpc) is 1.93. The average molecular weight is 176 g/mol. The smallest absolute Gasteiger partial charge is 0.146 e. The molecule has 0 aromatic carbocycles. The normalized spacial score (nSPS) is 9.80. The first kappa shape index (κ1) is 7.57. The van der Waals surface area contributed by atoms with Crippen molar-refractivity contribution in [2.24, 2.45) is 0 Å². The van der Waals surface area contributed by atoms with Crippen LogP contribution in [0.4, 0.5) is 0 Å². The Labute approximate surface area is 68.6 Å². The van der Waals surface area contributed by atoms with Gasteiger partial charge in [0.2, 0.25) is 0 Å². The molecule has 0 unspecified atom stereocenters. The van der Waals surface area contributed by atoms with Crippen LogP contribution in [-0.2, 0) is 0 Å². The van der Waals surface area contributed by atoms with Crippen molar-refractivity contribution in [1.29, 1.82) is 0 Å². The zero-order chi connectivity index (χ0) is 7.72. The number of halogens is 1. The second-order valence-corrected chi connectivity index (χ2v) is 2.73. The van der Waals surface area contributed by atoms with Crippen LogP contribution < -0.4 is 0 Å². The van der Waals surface area contributed by atoms with Crippen molar-refractivity contribution in [1.82, 2.24) is 4.73 Å². The summed E-state index contributed by atoms with van der Waals surface area (Å²) in [5.41, 5.74) is 0.724. The van der Waals surface area contributed by atoms with E-state index in [-0.39, 0.29) is 0 Å². The highest BCUT2D eigenvalue weighted by atomic mass is 35.5. The minimum Gasteiger partial charge on any atom is -0.428 e. The first-order valence-corrected chi connectivity index (χ1v) is 3.48. The Morgan fingerprint density at radius 1 is 1.70 bits per heavy atom. The van der Waals surface area contributed by atoms with Crippen molar-refractivity contribution in [3.63, 3.8) is 0 Å². The molecule has 0 radical (unpaired) electrons. The third-order valence-electron chi connectivity index (χ3n) is 1.25. The zero-order valence-electron chi connectivity index (χ0n) is 5.34. The van der Waals surface area contributed by atoms with Gasteiger partial charge in [-0.25, -0.2) is 0 Å². The predicted molar refractivity (Wildman–Crippen MR) is 42.2 cm³/mol. The zero-order valence-corrected chi connectivity index (χ0v) is 6.91. The number of hydrogen-bond acceptors (Lipinski definition) is 2. The van der Waals surface area contributed by atoms with E-state index in [0.717, 1.165) is 10.3 Å². The van der Waals surface area contributed by atoms with Gasteiger partial charge >= 0.3 is 0 Å². The van der Waals surface area contributed by atoms with Gasteiger partial charge in [-0.2, -0.15) is 4.73 Å². The fourth-order valence-electron chi connectivity index (χ4n) is 0.603. The third kappa shape index (κ3) is 1.15. The van der Waals surface area contributed by atoms with Crippen LogP contribution in [0, 0.1) is 11.6 Å². The molecule has 1 heterocycles. The second-order valence-electron chi connectivity index (χ2n) is 1.94. The summed E-state index contributed by atoms with van der Waals surface area (Å²) in [6.07, 6.45) is 1.41. The van der Waals surface area contributed by atoms with Gasteiger partial charge in [-0.15, -0.1) is 0 Å². The van der Waals surface area contributed by atoms with E-state index in [0.29, 0.717) is 9.66 Å². The van der Waals surface area contributed by atoms with Crippen LogP contribution in [0.1, 0.15) is 5.56 Å². The molecule has 0 amide bonds. The molecule has 0 aliphatic carbocycles. The molecular formula is C6H6ClNOS. The minimum absolute atomic E-state index is 0.354. The first-order valence-electron chi connectivity index (χ1n) is 2.70. The molecule has 54 valence electrons. The van der Waals surface area contributed by atoms with E-state index in [1.165, 1.54) is 6.20 Å². The molecule has 0 saturated heterocycles. The Balaban J connectivity index is 3.50. The Morgan fingerprint density at radius 2 is 2.30 bits per heavy atom. The molecule has 4 heteroatoms. The van der Waals surface area contributed by atoms with Crippen molar-refractivity contribution in [3.8, 4) is 0 Å². The molecule has 0 bridgehead atoms. The van der Waals surface area contributed by atoms with E-state index in [1.54, 1.807) is 13.0 Å². The van der Waals surface area contributed by atoms with Gasteiger partial charge in [-0.05, 0) is 13.0 Å². The van der Waals surface area contributed by atoms with Gasteiger partial charge < -0.3 is 5.21 Å². The number of aromatic nitrogens is 1. The summed E-state index contributed by atoms with van der Waals surface area (Å²) in [5, 5.41) is 9.56. The molecule has 0 fully saturated rings. The summed E-state index contributed by atoms with van der Waals surface area (Å²) in [7, 11) is 0. The molecule has 0 spiro atoms. The molecular weight excluding hydrogens is 170 g/mol. The van der Waals surface area contributed by atoms with Crippen molar-refractivity contribution in [2.75, 3.05) is 0 Å². The lowest BCUT2D eigenvalue weighted by atomic mass is 10.3. The van der Waals surface area contributed by atoms with E-state index in [9.17, 15) is 0 Å². The lowest BCUT2D eigenvalue weighted by Crippen LogP contribution is -1.94. The third-order valence-corrected chi connectivity index (χ3v) is 2.15. The molecule has 1 rings (SSSR count). The fraction of sp³-hybridized carbons (Fsp3) is 0.167. The lowest BCUT2D eigenvalue weighted by molar-refractivity contribution is 0.180. The Kier molecular flexibility index (Phi) is 1.97. The molecule has 0 atom stereocenters. The van der Waals surface area contributed by atoms with Gasteiger partial charge in [0.1, 0.15) is 4.64 Å². The fourth-order valence-corrected chi connectivity index (χ4v) is 0.975. The summed E-state index contributed by atoms with van der Waals surface area (Å²) >= 11 is 10.5. The van der Waals surface area contributed by atoms with Crippen molar-refractivity contribution >= 4 is 23.8 Å². The maximum absolute atomic E-state index is 8.98. The largest absolute Gasteiger partial charge is 0.428 e.